The predicted molar refractivity (Wildman–Crippen MR) is 80.4 cm³/mol. The molecule has 0 spiro atoms. The molecule has 0 radical (unpaired) electrons. The quantitative estimate of drug-likeness (QED) is 0.841. The van der Waals surface area contributed by atoms with E-state index in [1.165, 1.54) is 30.0 Å². The molecule has 1 aromatic rings. The fraction of sp³-hybridized carbons (Fsp3) is 0.462. The number of amides is 1. The Bertz CT molecular complexity index is 598. The van der Waals surface area contributed by atoms with Crippen molar-refractivity contribution in [2.24, 2.45) is 0 Å². The number of halogens is 1. The highest BCUT2D eigenvalue weighted by Gasteiger charge is 2.33. The minimum atomic E-state index is -3.86. The molecule has 1 aromatic carbocycles. The van der Waals surface area contributed by atoms with Crippen molar-refractivity contribution in [3.63, 3.8) is 0 Å². The number of benzene rings is 1. The van der Waals surface area contributed by atoms with Gasteiger partial charge >= 0.3 is 0 Å². The molecule has 1 unspecified atom stereocenters. The van der Waals surface area contributed by atoms with Crippen LogP contribution in [0.5, 0.6) is 0 Å². The first kappa shape index (κ1) is 16.8. The lowest BCUT2D eigenvalue weighted by Gasteiger charge is -2.23. The van der Waals surface area contributed by atoms with E-state index >= 15 is 0 Å². The molecule has 0 aromatic heterocycles. The zero-order valence-electron chi connectivity index (χ0n) is 11.8. The minimum absolute atomic E-state index is 0.0913. The highest BCUT2D eigenvalue weighted by Crippen LogP contribution is 2.26. The van der Waals surface area contributed by atoms with Crippen molar-refractivity contribution in [3.8, 4) is 0 Å². The fourth-order valence-corrected chi connectivity index (χ4v) is 3.59. The second kappa shape index (κ2) is 6.45. The first-order chi connectivity index (χ1) is 9.25. The Morgan fingerprint density at radius 2 is 1.90 bits per heavy atom. The van der Waals surface area contributed by atoms with Gasteiger partial charge in [-0.15, -0.1) is 0 Å². The molecule has 0 aliphatic rings. The van der Waals surface area contributed by atoms with Crippen LogP contribution in [-0.2, 0) is 14.6 Å². The van der Waals surface area contributed by atoms with E-state index in [1.807, 2.05) is 0 Å². The van der Waals surface area contributed by atoms with E-state index in [-0.39, 0.29) is 15.6 Å². The van der Waals surface area contributed by atoms with Gasteiger partial charge in [-0.1, -0.05) is 11.6 Å². The molecule has 0 bridgehead atoms. The van der Waals surface area contributed by atoms with Crippen LogP contribution in [0.4, 0.5) is 5.69 Å². The van der Waals surface area contributed by atoms with Crippen LogP contribution in [0.3, 0.4) is 0 Å². The molecule has 0 aliphatic carbocycles. The molecular weight excluding hydrogens is 300 g/mol. The number of rotatable bonds is 5. The Kier molecular flexibility index (Phi) is 5.42. The van der Waals surface area contributed by atoms with Gasteiger partial charge in [0.1, 0.15) is 5.25 Å². The number of hydrogen-bond donors (Lipinski definition) is 1. The van der Waals surface area contributed by atoms with Gasteiger partial charge in [0.2, 0.25) is 5.91 Å². The molecule has 1 atom stereocenters. The van der Waals surface area contributed by atoms with Gasteiger partial charge in [0.25, 0.3) is 0 Å². The van der Waals surface area contributed by atoms with Gasteiger partial charge in [0.15, 0.2) is 9.84 Å². The Morgan fingerprint density at radius 3 is 2.40 bits per heavy atom. The third kappa shape index (κ3) is 3.24. The van der Waals surface area contributed by atoms with Crippen LogP contribution in [0.1, 0.15) is 20.8 Å². The second-order valence-corrected chi connectivity index (χ2v) is 7.05. The van der Waals surface area contributed by atoms with Crippen molar-refractivity contribution in [1.29, 1.82) is 0 Å². The van der Waals surface area contributed by atoms with Crippen molar-refractivity contribution < 1.29 is 13.2 Å². The third-order valence-corrected chi connectivity index (χ3v) is 5.50. The summed E-state index contributed by atoms with van der Waals surface area (Å²) in [6.07, 6.45) is 0. The van der Waals surface area contributed by atoms with Gasteiger partial charge in [-0.05, 0) is 39.0 Å². The van der Waals surface area contributed by atoms with Crippen molar-refractivity contribution in [3.05, 3.63) is 23.2 Å². The number of nitrogens with two attached hydrogens (primary N) is 1. The summed E-state index contributed by atoms with van der Waals surface area (Å²) >= 11 is 5.81. The van der Waals surface area contributed by atoms with Crippen LogP contribution in [0.2, 0.25) is 5.02 Å². The van der Waals surface area contributed by atoms with Gasteiger partial charge in [-0.25, -0.2) is 8.42 Å². The van der Waals surface area contributed by atoms with Crippen LogP contribution < -0.4 is 5.73 Å². The molecular formula is C13H19ClN2O3S. The molecule has 0 fully saturated rings. The monoisotopic (exact) mass is 318 g/mol. The molecule has 5 nitrogen and oxygen atoms in total. The summed E-state index contributed by atoms with van der Waals surface area (Å²) in [5.74, 6) is -0.436. The molecule has 0 heterocycles. The zero-order chi connectivity index (χ0) is 15.5. The highest BCUT2D eigenvalue weighted by molar-refractivity contribution is 7.93. The Hall–Kier alpha value is -1.27. The lowest BCUT2D eigenvalue weighted by atomic mass is 10.3. The van der Waals surface area contributed by atoms with Crippen molar-refractivity contribution in [2.75, 3.05) is 18.8 Å². The fourth-order valence-electron chi connectivity index (χ4n) is 1.87. The second-order valence-electron chi connectivity index (χ2n) is 4.38. The predicted octanol–water partition coefficient (Wildman–Crippen LogP) is 1.95. The number of carbonyl (C=O) groups is 1. The van der Waals surface area contributed by atoms with Crippen molar-refractivity contribution in [2.45, 2.75) is 30.9 Å². The number of anilines is 1. The summed E-state index contributed by atoms with van der Waals surface area (Å²) in [5, 5.41) is -0.927. The average Bonchev–Trinajstić information content (AvgIpc) is 2.41. The van der Waals surface area contributed by atoms with Gasteiger partial charge in [0, 0.05) is 18.1 Å². The van der Waals surface area contributed by atoms with Crippen LogP contribution >= 0.6 is 11.6 Å². The molecule has 1 rings (SSSR count). The molecule has 2 N–H and O–H groups in total. The third-order valence-electron chi connectivity index (χ3n) is 3.17. The van der Waals surface area contributed by atoms with E-state index in [0.717, 1.165) is 0 Å². The maximum absolute atomic E-state index is 12.5. The number of hydrogen-bond acceptors (Lipinski definition) is 4. The first-order valence-electron chi connectivity index (χ1n) is 6.33. The summed E-state index contributed by atoms with van der Waals surface area (Å²) in [4.78, 5) is 13.6. The molecule has 112 valence electrons. The summed E-state index contributed by atoms with van der Waals surface area (Å²) in [5.41, 5.74) is 5.78. The molecule has 7 heteroatoms. The highest BCUT2D eigenvalue weighted by atomic mass is 35.5. The summed E-state index contributed by atoms with van der Waals surface area (Å²) in [7, 11) is -3.86. The first-order valence-corrected chi connectivity index (χ1v) is 8.25. The van der Waals surface area contributed by atoms with Crippen molar-refractivity contribution in [1.82, 2.24) is 4.90 Å². The van der Waals surface area contributed by atoms with Crippen molar-refractivity contribution >= 4 is 33.0 Å². The van der Waals surface area contributed by atoms with Crippen LogP contribution in [0.15, 0.2) is 23.1 Å². The largest absolute Gasteiger partial charge is 0.398 e. The van der Waals surface area contributed by atoms with Gasteiger partial charge < -0.3 is 10.6 Å². The van der Waals surface area contributed by atoms with E-state index in [2.05, 4.69) is 0 Å². The molecule has 20 heavy (non-hydrogen) atoms. The van der Waals surface area contributed by atoms with Gasteiger partial charge in [-0.3, -0.25) is 4.79 Å². The molecule has 1 amide bonds. The number of nitrogens with zero attached hydrogens (tertiary/aromatic N) is 1. The van der Waals surface area contributed by atoms with E-state index < -0.39 is 21.0 Å². The van der Waals surface area contributed by atoms with Crippen LogP contribution in [-0.4, -0.2) is 37.6 Å². The Balaban J connectivity index is 3.22. The normalized spacial score (nSPS) is 13.0. The van der Waals surface area contributed by atoms with Crippen LogP contribution in [0.25, 0.3) is 0 Å². The lowest BCUT2D eigenvalue weighted by Crippen LogP contribution is -2.41. The standard InChI is InChI=1S/C13H19ClN2O3S/c1-4-16(5-2)13(17)9(3)20(18,19)12-8-10(14)6-7-11(12)15/h6-9H,4-5,15H2,1-3H3. The summed E-state index contributed by atoms with van der Waals surface area (Å²) < 4.78 is 25.0. The number of carbonyl (C=O) groups excluding carboxylic acids is 1. The zero-order valence-corrected chi connectivity index (χ0v) is 13.3. The topological polar surface area (TPSA) is 80.5 Å². The lowest BCUT2D eigenvalue weighted by molar-refractivity contribution is -0.130. The Labute approximate surface area is 124 Å². The molecule has 0 saturated carbocycles. The Morgan fingerprint density at radius 1 is 1.35 bits per heavy atom. The molecule has 0 aliphatic heterocycles. The van der Waals surface area contributed by atoms with E-state index in [1.54, 1.807) is 13.8 Å². The SMILES string of the molecule is CCN(CC)C(=O)C(C)S(=O)(=O)c1cc(Cl)ccc1N. The smallest absolute Gasteiger partial charge is 0.240 e. The number of nitrogen functional groups attached to an aromatic ring is 1. The van der Waals surface area contributed by atoms with E-state index in [9.17, 15) is 13.2 Å². The van der Waals surface area contributed by atoms with Gasteiger partial charge in [0.05, 0.1) is 10.6 Å². The summed E-state index contributed by atoms with van der Waals surface area (Å²) in [6.45, 7) is 5.89. The maximum Gasteiger partial charge on any atom is 0.240 e. The number of sulfone groups is 1. The van der Waals surface area contributed by atoms with Crippen LogP contribution in [0, 0.1) is 0 Å². The maximum atomic E-state index is 12.5. The van der Waals surface area contributed by atoms with Gasteiger partial charge in [-0.2, -0.15) is 0 Å². The minimum Gasteiger partial charge on any atom is -0.398 e. The van der Waals surface area contributed by atoms with E-state index in [0.29, 0.717) is 13.1 Å². The summed E-state index contributed by atoms with van der Waals surface area (Å²) in [6, 6.07) is 4.20. The average molecular weight is 319 g/mol. The molecule has 0 saturated heterocycles. The van der Waals surface area contributed by atoms with E-state index in [4.69, 9.17) is 17.3 Å².